The van der Waals surface area contributed by atoms with E-state index in [1.807, 2.05) is 82.6 Å². The van der Waals surface area contributed by atoms with Crippen LogP contribution in [0.4, 0.5) is 11.4 Å². The fraction of sp³-hybridized carbons (Fsp3) is 0.310. The van der Waals surface area contributed by atoms with Gasteiger partial charge in [0.15, 0.2) is 0 Å². The zero-order valence-electron chi connectivity index (χ0n) is 20.7. The Kier molecular flexibility index (Phi) is 6.88. The van der Waals surface area contributed by atoms with E-state index in [9.17, 15) is 9.59 Å². The van der Waals surface area contributed by atoms with Crippen molar-refractivity contribution in [3.63, 3.8) is 0 Å². The number of hydrogen-bond donors (Lipinski definition) is 1. The zero-order chi connectivity index (χ0) is 25.2. The Hall–Kier alpha value is -3.51. The third-order valence-corrected chi connectivity index (χ3v) is 7.03. The van der Waals surface area contributed by atoms with Crippen molar-refractivity contribution in [3.05, 3.63) is 94.5 Å². The van der Waals surface area contributed by atoms with E-state index in [0.717, 1.165) is 40.6 Å². The molecule has 3 aromatic rings. The second kappa shape index (κ2) is 10.2. The second-order valence-electron chi connectivity index (χ2n) is 9.82. The minimum Gasteiger partial charge on any atom is -0.368 e. The highest BCUT2D eigenvalue weighted by atomic mass is 35.5. The smallest absolute Gasteiger partial charge is 0.256 e. The van der Waals surface area contributed by atoms with Gasteiger partial charge in [0.05, 0.1) is 0 Å². The SMILES string of the molecule is CC(C)CN1C(=O)c2ccccc2C1Nc1ccc(C(=O)N2CCN(c3cccc(Cl)c3)CC2)cc1. The van der Waals surface area contributed by atoms with Crippen LogP contribution in [0.15, 0.2) is 72.8 Å². The Balaban J connectivity index is 1.24. The third-order valence-electron chi connectivity index (χ3n) is 6.80. The number of amides is 2. The van der Waals surface area contributed by atoms with E-state index >= 15 is 0 Å². The quantitative estimate of drug-likeness (QED) is 0.482. The molecule has 0 aliphatic carbocycles. The summed E-state index contributed by atoms with van der Waals surface area (Å²) in [5.41, 5.74) is 4.36. The maximum absolute atomic E-state index is 13.1. The fourth-order valence-corrected chi connectivity index (χ4v) is 5.18. The largest absolute Gasteiger partial charge is 0.368 e. The van der Waals surface area contributed by atoms with Gasteiger partial charge in [-0.1, -0.05) is 49.7 Å². The molecule has 186 valence electrons. The van der Waals surface area contributed by atoms with Crippen LogP contribution in [-0.4, -0.2) is 54.3 Å². The van der Waals surface area contributed by atoms with Crippen molar-refractivity contribution < 1.29 is 9.59 Å². The van der Waals surface area contributed by atoms with Crippen LogP contribution in [0.1, 0.15) is 46.3 Å². The number of anilines is 2. The Bertz CT molecular complexity index is 1250. The van der Waals surface area contributed by atoms with Crippen molar-refractivity contribution in [3.8, 4) is 0 Å². The zero-order valence-corrected chi connectivity index (χ0v) is 21.4. The first-order valence-corrected chi connectivity index (χ1v) is 12.8. The molecule has 0 bridgehead atoms. The van der Waals surface area contributed by atoms with Gasteiger partial charge in [-0.2, -0.15) is 0 Å². The van der Waals surface area contributed by atoms with Crippen LogP contribution in [0, 0.1) is 5.92 Å². The lowest BCUT2D eigenvalue weighted by atomic mass is 10.1. The molecule has 2 amide bonds. The Morgan fingerprint density at radius 1 is 0.972 bits per heavy atom. The van der Waals surface area contributed by atoms with E-state index < -0.39 is 0 Å². The van der Waals surface area contributed by atoms with Crippen LogP contribution in [0.3, 0.4) is 0 Å². The van der Waals surface area contributed by atoms with Gasteiger partial charge in [0.1, 0.15) is 6.17 Å². The summed E-state index contributed by atoms with van der Waals surface area (Å²) in [5.74, 6) is 0.447. The molecule has 2 aliphatic rings. The van der Waals surface area contributed by atoms with Crippen molar-refractivity contribution in [2.75, 3.05) is 42.9 Å². The average Bonchev–Trinajstić information content (AvgIpc) is 3.14. The van der Waals surface area contributed by atoms with Crippen LogP contribution in [0.25, 0.3) is 0 Å². The van der Waals surface area contributed by atoms with Gasteiger partial charge >= 0.3 is 0 Å². The normalized spacial score (nSPS) is 17.5. The lowest BCUT2D eigenvalue weighted by Crippen LogP contribution is -2.48. The second-order valence-corrected chi connectivity index (χ2v) is 10.3. The predicted molar refractivity (Wildman–Crippen MR) is 145 cm³/mol. The van der Waals surface area contributed by atoms with Gasteiger partial charge in [-0.25, -0.2) is 0 Å². The monoisotopic (exact) mass is 502 g/mol. The maximum Gasteiger partial charge on any atom is 0.256 e. The van der Waals surface area contributed by atoms with E-state index in [4.69, 9.17) is 11.6 Å². The molecule has 1 unspecified atom stereocenters. The summed E-state index contributed by atoms with van der Waals surface area (Å²) in [6, 6.07) is 23.2. The minimum absolute atomic E-state index is 0.0371. The van der Waals surface area contributed by atoms with Gasteiger partial charge in [-0.05, 0) is 54.4 Å². The fourth-order valence-electron chi connectivity index (χ4n) is 5.00. The summed E-state index contributed by atoms with van der Waals surface area (Å²) < 4.78 is 0. The summed E-state index contributed by atoms with van der Waals surface area (Å²) >= 11 is 6.14. The van der Waals surface area contributed by atoms with Gasteiger partial charge in [0.2, 0.25) is 0 Å². The standard InChI is InChI=1S/C29H31ClN4O2/c1-20(2)19-34-27(25-8-3-4-9-26(25)29(34)36)31-23-12-10-21(11-13-23)28(35)33-16-14-32(15-17-33)24-7-5-6-22(30)18-24/h3-13,18,20,27,31H,14-17,19H2,1-2H3. The van der Waals surface area contributed by atoms with Crippen LogP contribution in [0.5, 0.6) is 0 Å². The third kappa shape index (κ3) is 4.91. The number of fused-ring (bicyclic) bond motifs is 1. The highest BCUT2D eigenvalue weighted by Gasteiger charge is 2.36. The number of benzene rings is 3. The van der Waals surface area contributed by atoms with E-state index in [2.05, 4.69) is 24.1 Å². The minimum atomic E-state index is -0.225. The van der Waals surface area contributed by atoms with Crippen molar-refractivity contribution in [1.82, 2.24) is 9.80 Å². The summed E-state index contributed by atoms with van der Waals surface area (Å²) in [6.07, 6.45) is -0.225. The van der Waals surface area contributed by atoms with Crippen LogP contribution >= 0.6 is 11.6 Å². The van der Waals surface area contributed by atoms with Crippen molar-refractivity contribution in [1.29, 1.82) is 0 Å². The molecule has 0 spiro atoms. The van der Waals surface area contributed by atoms with Gasteiger partial charge < -0.3 is 20.0 Å². The molecule has 1 atom stereocenters. The first-order valence-electron chi connectivity index (χ1n) is 12.5. The maximum atomic E-state index is 13.1. The number of hydrogen-bond acceptors (Lipinski definition) is 4. The molecule has 0 aromatic heterocycles. The molecule has 1 N–H and O–H groups in total. The predicted octanol–water partition coefficient (Wildman–Crippen LogP) is 5.52. The molecular formula is C29H31ClN4O2. The van der Waals surface area contributed by atoms with Crippen molar-refractivity contribution in [2.24, 2.45) is 5.92 Å². The Morgan fingerprint density at radius 3 is 2.39 bits per heavy atom. The van der Waals surface area contributed by atoms with Gasteiger partial charge in [0.25, 0.3) is 11.8 Å². The molecule has 0 radical (unpaired) electrons. The number of nitrogens with one attached hydrogen (secondary N) is 1. The van der Waals surface area contributed by atoms with E-state index in [1.165, 1.54) is 0 Å². The number of nitrogens with zero attached hydrogens (tertiary/aromatic N) is 3. The topological polar surface area (TPSA) is 55.9 Å². The van der Waals surface area contributed by atoms with Gasteiger partial charge in [-0.15, -0.1) is 0 Å². The molecule has 1 saturated heterocycles. The summed E-state index contributed by atoms with van der Waals surface area (Å²) in [6.45, 7) is 7.76. The average molecular weight is 503 g/mol. The molecule has 0 saturated carbocycles. The number of rotatable bonds is 6. The molecule has 3 aromatic carbocycles. The van der Waals surface area contributed by atoms with E-state index in [0.29, 0.717) is 31.1 Å². The molecule has 1 fully saturated rings. The summed E-state index contributed by atoms with van der Waals surface area (Å²) in [4.78, 5) is 32.2. The van der Waals surface area contributed by atoms with E-state index in [1.54, 1.807) is 0 Å². The molecule has 36 heavy (non-hydrogen) atoms. The molecule has 7 heteroatoms. The highest BCUT2D eigenvalue weighted by Crippen LogP contribution is 2.35. The molecule has 2 aliphatic heterocycles. The Morgan fingerprint density at radius 2 is 1.69 bits per heavy atom. The van der Waals surface area contributed by atoms with Crippen LogP contribution in [-0.2, 0) is 0 Å². The highest BCUT2D eigenvalue weighted by molar-refractivity contribution is 6.30. The number of piperazine rings is 1. The number of halogens is 1. The van der Waals surface area contributed by atoms with Crippen LogP contribution in [0.2, 0.25) is 5.02 Å². The molecular weight excluding hydrogens is 472 g/mol. The van der Waals surface area contributed by atoms with Gasteiger partial charge in [-0.3, -0.25) is 9.59 Å². The number of carbonyl (C=O) groups excluding carboxylic acids is 2. The summed E-state index contributed by atoms with van der Waals surface area (Å²) in [7, 11) is 0. The first-order chi connectivity index (χ1) is 17.4. The lowest BCUT2D eigenvalue weighted by molar-refractivity contribution is 0.0719. The van der Waals surface area contributed by atoms with Crippen LogP contribution < -0.4 is 10.2 Å². The molecule has 6 nitrogen and oxygen atoms in total. The first kappa shape index (κ1) is 24.2. The van der Waals surface area contributed by atoms with Gasteiger partial charge in [0, 0.05) is 65.8 Å². The van der Waals surface area contributed by atoms with Crippen molar-refractivity contribution >= 4 is 34.8 Å². The van der Waals surface area contributed by atoms with E-state index in [-0.39, 0.29) is 18.0 Å². The Labute approximate surface area is 217 Å². The lowest BCUT2D eigenvalue weighted by Gasteiger charge is -2.36. The van der Waals surface area contributed by atoms with Crippen molar-refractivity contribution in [2.45, 2.75) is 20.0 Å². The summed E-state index contributed by atoms with van der Waals surface area (Å²) in [5, 5.41) is 4.24. The number of carbonyl (C=O) groups is 2. The molecule has 5 rings (SSSR count). The molecule has 2 heterocycles.